The number of rotatable bonds is 6. The summed E-state index contributed by atoms with van der Waals surface area (Å²) in [6.07, 6.45) is 2.76. The van der Waals surface area contributed by atoms with Crippen LogP contribution in [0.2, 0.25) is 0 Å². The first-order valence-electron chi connectivity index (χ1n) is 8.64. The van der Waals surface area contributed by atoms with Gasteiger partial charge in [-0.1, -0.05) is 96.6 Å². The molecule has 1 heteroatoms. The number of aliphatic imine (C=N–C) groups is 1. The third-order valence-electron chi connectivity index (χ3n) is 4.23. The van der Waals surface area contributed by atoms with Crippen LogP contribution in [0.1, 0.15) is 34.7 Å². The molecule has 0 heterocycles. The smallest absolute Gasteiger partial charge is 0.0791 e. The Morgan fingerprint density at radius 2 is 1.36 bits per heavy atom. The fourth-order valence-corrected chi connectivity index (χ4v) is 2.87. The summed E-state index contributed by atoms with van der Waals surface area (Å²) in [5.41, 5.74) is 5.77. The van der Waals surface area contributed by atoms with Crippen molar-refractivity contribution in [3.8, 4) is 0 Å². The topological polar surface area (TPSA) is 12.4 Å². The van der Waals surface area contributed by atoms with Crippen molar-refractivity contribution < 1.29 is 0 Å². The highest BCUT2D eigenvalue weighted by atomic mass is 14.8. The Morgan fingerprint density at radius 1 is 0.840 bits per heavy atom. The minimum atomic E-state index is 0.0634. The van der Waals surface area contributed by atoms with Crippen LogP contribution in [0.5, 0.6) is 0 Å². The fourth-order valence-electron chi connectivity index (χ4n) is 2.87. The van der Waals surface area contributed by atoms with Crippen molar-refractivity contribution >= 4 is 5.71 Å². The van der Waals surface area contributed by atoms with E-state index in [2.05, 4.69) is 86.3 Å². The number of benzene rings is 3. The van der Waals surface area contributed by atoms with E-state index in [0.29, 0.717) is 0 Å². The van der Waals surface area contributed by atoms with Gasteiger partial charge in [-0.3, -0.25) is 4.99 Å². The van der Waals surface area contributed by atoms with Gasteiger partial charge >= 0.3 is 0 Å². The van der Waals surface area contributed by atoms with Crippen LogP contribution in [0.25, 0.3) is 0 Å². The van der Waals surface area contributed by atoms with Crippen molar-refractivity contribution in [2.24, 2.45) is 4.99 Å². The van der Waals surface area contributed by atoms with Crippen LogP contribution < -0.4 is 0 Å². The molecule has 0 N–H and O–H groups in total. The van der Waals surface area contributed by atoms with Crippen LogP contribution >= 0.6 is 0 Å². The molecular formula is C24H23N. The molecule has 0 aromatic heterocycles. The van der Waals surface area contributed by atoms with Crippen molar-refractivity contribution in [1.82, 2.24) is 0 Å². The SMILES string of the molecule is C=CC[C@H](N=C(c1ccccc1)c1ccccc1)c1ccc(C)cc1. The van der Waals surface area contributed by atoms with Gasteiger partial charge in [0.25, 0.3) is 0 Å². The first kappa shape index (κ1) is 16.9. The maximum atomic E-state index is 5.15. The van der Waals surface area contributed by atoms with E-state index in [4.69, 9.17) is 4.99 Å². The highest BCUT2D eigenvalue weighted by Gasteiger charge is 2.13. The number of nitrogens with zero attached hydrogens (tertiary/aromatic N) is 1. The molecule has 0 aliphatic carbocycles. The maximum absolute atomic E-state index is 5.15. The van der Waals surface area contributed by atoms with Crippen molar-refractivity contribution in [3.63, 3.8) is 0 Å². The molecule has 0 aliphatic rings. The molecule has 0 fully saturated rings. The Balaban J connectivity index is 2.09. The van der Waals surface area contributed by atoms with Crippen LogP contribution in [0.15, 0.2) is 103 Å². The zero-order valence-corrected chi connectivity index (χ0v) is 14.6. The van der Waals surface area contributed by atoms with Crippen LogP contribution in [0.3, 0.4) is 0 Å². The predicted octanol–water partition coefficient (Wildman–Crippen LogP) is 6.15. The van der Waals surface area contributed by atoms with Crippen molar-refractivity contribution in [2.45, 2.75) is 19.4 Å². The summed E-state index contributed by atoms with van der Waals surface area (Å²) in [6, 6.07) is 29.5. The number of aryl methyl sites for hydroxylation is 1. The van der Waals surface area contributed by atoms with Gasteiger partial charge in [-0.15, -0.1) is 6.58 Å². The summed E-state index contributed by atoms with van der Waals surface area (Å²) in [5, 5.41) is 0. The lowest BCUT2D eigenvalue weighted by atomic mass is 9.99. The van der Waals surface area contributed by atoms with E-state index in [0.717, 1.165) is 23.3 Å². The molecule has 25 heavy (non-hydrogen) atoms. The van der Waals surface area contributed by atoms with Gasteiger partial charge in [0.05, 0.1) is 11.8 Å². The Morgan fingerprint density at radius 3 is 1.84 bits per heavy atom. The van der Waals surface area contributed by atoms with Crippen LogP contribution in [-0.2, 0) is 0 Å². The van der Waals surface area contributed by atoms with E-state index in [1.54, 1.807) is 0 Å². The molecule has 0 saturated carbocycles. The zero-order valence-electron chi connectivity index (χ0n) is 14.6. The van der Waals surface area contributed by atoms with Crippen LogP contribution in [0, 0.1) is 6.92 Å². The third kappa shape index (κ3) is 4.33. The average Bonchev–Trinajstić information content (AvgIpc) is 2.67. The molecule has 0 spiro atoms. The summed E-state index contributed by atoms with van der Waals surface area (Å²) in [6.45, 7) is 6.03. The quantitative estimate of drug-likeness (QED) is 0.381. The first-order chi connectivity index (χ1) is 12.3. The Labute approximate surface area is 150 Å². The molecule has 1 atom stereocenters. The molecule has 3 aromatic carbocycles. The molecular weight excluding hydrogens is 302 g/mol. The maximum Gasteiger partial charge on any atom is 0.0791 e. The van der Waals surface area contributed by atoms with Gasteiger partial charge in [0, 0.05) is 11.1 Å². The monoisotopic (exact) mass is 325 g/mol. The first-order valence-corrected chi connectivity index (χ1v) is 8.64. The molecule has 0 aliphatic heterocycles. The molecule has 3 aromatic rings. The Bertz CT molecular complexity index is 789. The van der Waals surface area contributed by atoms with E-state index in [1.807, 2.05) is 18.2 Å². The fraction of sp³-hybridized carbons (Fsp3) is 0.125. The highest BCUT2D eigenvalue weighted by molar-refractivity contribution is 6.13. The Hall–Kier alpha value is -2.93. The molecule has 3 rings (SSSR count). The van der Waals surface area contributed by atoms with Crippen LogP contribution in [0.4, 0.5) is 0 Å². The highest BCUT2D eigenvalue weighted by Crippen LogP contribution is 2.25. The Kier molecular flexibility index (Phi) is 5.58. The largest absolute Gasteiger partial charge is 0.276 e. The number of hydrogen-bond acceptors (Lipinski definition) is 1. The summed E-state index contributed by atoms with van der Waals surface area (Å²) in [5.74, 6) is 0. The summed E-state index contributed by atoms with van der Waals surface area (Å²) in [4.78, 5) is 5.15. The van der Waals surface area contributed by atoms with Gasteiger partial charge in [-0.2, -0.15) is 0 Å². The van der Waals surface area contributed by atoms with E-state index >= 15 is 0 Å². The minimum Gasteiger partial charge on any atom is -0.276 e. The van der Waals surface area contributed by atoms with E-state index < -0.39 is 0 Å². The van der Waals surface area contributed by atoms with E-state index in [-0.39, 0.29) is 6.04 Å². The molecule has 0 amide bonds. The van der Waals surface area contributed by atoms with Gasteiger partial charge < -0.3 is 0 Å². The summed E-state index contributed by atoms with van der Waals surface area (Å²) >= 11 is 0. The van der Waals surface area contributed by atoms with Gasteiger partial charge in [0.1, 0.15) is 0 Å². The molecule has 124 valence electrons. The molecule has 0 saturated heterocycles. The summed E-state index contributed by atoms with van der Waals surface area (Å²) in [7, 11) is 0. The minimum absolute atomic E-state index is 0.0634. The molecule has 0 bridgehead atoms. The normalized spacial score (nSPS) is 11.6. The number of hydrogen-bond donors (Lipinski definition) is 0. The molecule has 0 unspecified atom stereocenters. The predicted molar refractivity (Wildman–Crippen MR) is 107 cm³/mol. The van der Waals surface area contributed by atoms with E-state index in [1.165, 1.54) is 11.1 Å². The van der Waals surface area contributed by atoms with E-state index in [9.17, 15) is 0 Å². The zero-order chi connectivity index (χ0) is 17.5. The average molecular weight is 325 g/mol. The lowest BCUT2D eigenvalue weighted by Gasteiger charge is -2.15. The lowest BCUT2D eigenvalue weighted by molar-refractivity contribution is 0.745. The second kappa shape index (κ2) is 8.25. The third-order valence-corrected chi connectivity index (χ3v) is 4.23. The van der Waals surface area contributed by atoms with Gasteiger partial charge in [0.15, 0.2) is 0 Å². The van der Waals surface area contributed by atoms with Crippen LogP contribution in [-0.4, -0.2) is 5.71 Å². The molecule has 0 radical (unpaired) electrons. The second-order valence-corrected chi connectivity index (χ2v) is 6.16. The molecule has 1 nitrogen and oxygen atoms in total. The standard InChI is InChI=1S/C24H23N/c1-3-10-23(20-17-15-19(2)16-18-20)25-24(21-11-6-4-7-12-21)22-13-8-5-9-14-22/h3-9,11-18,23H,1,10H2,2H3/t23-/m0/s1. The lowest BCUT2D eigenvalue weighted by Crippen LogP contribution is -2.07. The van der Waals surface area contributed by atoms with Crippen molar-refractivity contribution in [3.05, 3.63) is 120 Å². The van der Waals surface area contributed by atoms with Crippen molar-refractivity contribution in [2.75, 3.05) is 0 Å². The van der Waals surface area contributed by atoms with Crippen molar-refractivity contribution in [1.29, 1.82) is 0 Å². The van der Waals surface area contributed by atoms with Gasteiger partial charge in [-0.05, 0) is 18.9 Å². The summed E-state index contributed by atoms with van der Waals surface area (Å²) < 4.78 is 0. The van der Waals surface area contributed by atoms with Gasteiger partial charge in [0.2, 0.25) is 0 Å². The second-order valence-electron chi connectivity index (χ2n) is 6.16. The van der Waals surface area contributed by atoms with Gasteiger partial charge in [-0.25, -0.2) is 0 Å².